The van der Waals surface area contributed by atoms with Gasteiger partial charge in [0.25, 0.3) is 0 Å². The zero-order valence-corrected chi connectivity index (χ0v) is 17.5. The number of carbonyl (C=O) groups excluding carboxylic acids is 1. The van der Waals surface area contributed by atoms with Gasteiger partial charge in [-0.3, -0.25) is 4.79 Å². The molecule has 2 aliphatic carbocycles. The quantitative estimate of drug-likeness (QED) is 0.787. The molecule has 0 spiro atoms. The lowest BCUT2D eigenvalue weighted by Crippen LogP contribution is -2.35. The number of nitrogens with one attached hydrogen (secondary N) is 2. The van der Waals surface area contributed by atoms with E-state index in [0.717, 1.165) is 58.2 Å². The number of benzene rings is 1. The van der Waals surface area contributed by atoms with Crippen LogP contribution < -0.4 is 20.6 Å². The maximum atomic E-state index is 13.4. The molecule has 2 N–H and O–H groups in total. The van der Waals surface area contributed by atoms with Gasteiger partial charge >= 0.3 is 0 Å². The smallest absolute Gasteiger partial charge is 0.195 e. The highest BCUT2D eigenvalue weighted by atomic mass is 16.5. The van der Waals surface area contributed by atoms with Crippen molar-refractivity contribution in [3.8, 4) is 5.75 Å². The molecule has 0 unspecified atom stereocenters. The molecule has 0 amide bonds. The summed E-state index contributed by atoms with van der Waals surface area (Å²) in [5, 5.41) is 5.41. The molecule has 148 valence electrons. The van der Waals surface area contributed by atoms with Gasteiger partial charge < -0.3 is 15.0 Å². The van der Waals surface area contributed by atoms with E-state index in [9.17, 15) is 4.79 Å². The number of fused-ring (bicyclic) bond motifs is 4. The topological polar surface area (TPSA) is 54.1 Å². The average molecular weight is 379 g/mol. The highest BCUT2D eigenvalue weighted by Gasteiger charge is 2.40. The lowest BCUT2D eigenvalue weighted by molar-refractivity contribution is 0.103. The molecule has 4 heteroatoms. The summed E-state index contributed by atoms with van der Waals surface area (Å²) < 4.78 is 5.90. The highest BCUT2D eigenvalue weighted by molar-refractivity contribution is 6.13. The van der Waals surface area contributed by atoms with E-state index in [-0.39, 0.29) is 16.6 Å². The lowest BCUT2D eigenvalue weighted by atomic mass is 9.71. The molecule has 1 heterocycles. The largest absolute Gasteiger partial charge is 0.492 e. The van der Waals surface area contributed by atoms with Crippen LogP contribution in [0.1, 0.15) is 68.2 Å². The molecule has 4 nitrogen and oxygen atoms in total. The molecule has 0 bridgehead atoms. The standard InChI is InChI=1S/C24H30N2O2/c1-6-25-11-12-28-15-7-8-16-18(13-15)24(4,5)22-20(21(16)27)17-9-10-23(2,3)14-19(17)26-22/h7-9,13-14,25-26H,6,10-12H2,1-5H3. The Balaban J connectivity index is 1.79. The molecular weight excluding hydrogens is 348 g/mol. The average Bonchev–Trinajstić information content (AvgIpc) is 3.02. The molecule has 28 heavy (non-hydrogen) atoms. The van der Waals surface area contributed by atoms with Crippen LogP contribution in [0.15, 0.2) is 18.2 Å². The summed E-state index contributed by atoms with van der Waals surface area (Å²) in [4.78, 5) is 17.0. The van der Waals surface area contributed by atoms with Crippen molar-refractivity contribution >= 4 is 17.9 Å². The Kier molecular flexibility index (Phi) is 4.50. The molecule has 0 aliphatic heterocycles. The molecule has 0 saturated carbocycles. The second-order valence-corrected chi connectivity index (χ2v) is 9.11. The third kappa shape index (κ3) is 3.00. The number of carbonyl (C=O) groups is 1. The minimum Gasteiger partial charge on any atom is -0.492 e. The predicted octanol–water partition coefficient (Wildman–Crippen LogP) is 2.86. The van der Waals surface area contributed by atoms with Gasteiger partial charge in [0.1, 0.15) is 12.4 Å². The van der Waals surface area contributed by atoms with Crippen LogP contribution in [-0.4, -0.2) is 30.5 Å². The number of ketones is 1. The van der Waals surface area contributed by atoms with Crippen molar-refractivity contribution < 1.29 is 9.53 Å². The molecule has 2 aliphatic rings. The number of likely N-dealkylation sites (N-methyl/N-ethyl adjacent to an activating group) is 1. The Bertz CT molecular complexity index is 1060. The van der Waals surface area contributed by atoms with Gasteiger partial charge in [0.2, 0.25) is 0 Å². The first-order valence-corrected chi connectivity index (χ1v) is 10.2. The molecule has 1 aromatic carbocycles. The van der Waals surface area contributed by atoms with Crippen molar-refractivity contribution in [3.63, 3.8) is 0 Å². The van der Waals surface area contributed by atoms with Gasteiger partial charge in [-0.25, -0.2) is 0 Å². The Morgan fingerprint density at radius 1 is 1.21 bits per heavy atom. The minimum absolute atomic E-state index is 0.105. The second kappa shape index (κ2) is 6.63. The third-order valence-corrected chi connectivity index (χ3v) is 6.00. The number of rotatable bonds is 5. The van der Waals surface area contributed by atoms with E-state index in [1.807, 2.05) is 18.2 Å². The molecule has 0 saturated heterocycles. The summed E-state index contributed by atoms with van der Waals surface area (Å²) in [7, 11) is 0. The van der Waals surface area contributed by atoms with Crippen molar-refractivity contribution in [2.24, 2.45) is 5.41 Å². The summed E-state index contributed by atoms with van der Waals surface area (Å²) in [5.41, 5.74) is 3.50. The predicted molar refractivity (Wildman–Crippen MR) is 113 cm³/mol. The van der Waals surface area contributed by atoms with Crippen molar-refractivity contribution in [1.29, 1.82) is 0 Å². The fourth-order valence-electron chi connectivity index (χ4n) is 4.39. The molecule has 0 radical (unpaired) electrons. The summed E-state index contributed by atoms with van der Waals surface area (Å²) in [6.45, 7) is 13.3. The Labute approximate surface area is 166 Å². The van der Waals surface area contributed by atoms with E-state index in [0.29, 0.717) is 6.61 Å². The van der Waals surface area contributed by atoms with Crippen molar-refractivity contribution in [2.45, 2.75) is 46.5 Å². The van der Waals surface area contributed by atoms with Crippen LogP contribution in [0.3, 0.4) is 0 Å². The lowest BCUT2D eigenvalue weighted by Gasteiger charge is -2.32. The van der Waals surface area contributed by atoms with Gasteiger partial charge in [-0.2, -0.15) is 0 Å². The van der Waals surface area contributed by atoms with E-state index in [4.69, 9.17) is 4.74 Å². The number of aromatic nitrogens is 1. The SMILES string of the molecule is CCNCCOc1ccc2c(c1)C(C)(C)c1[nH]c3c(c1C2=O)=CCC(C)(C)C=3. The van der Waals surface area contributed by atoms with Gasteiger partial charge in [0.15, 0.2) is 5.78 Å². The van der Waals surface area contributed by atoms with Gasteiger partial charge in [0, 0.05) is 33.8 Å². The van der Waals surface area contributed by atoms with Crippen LogP contribution in [0.2, 0.25) is 0 Å². The van der Waals surface area contributed by atoms with Gasteiger partial charge in [-0.1, -0.05) is 46.8 Å². The minimum atomic E-state index is -0.289. The van der Waals surface area contributed by atoms with E-state index in [2.05, 4.69) is 57.1 Å². The first-order valence-electron chi connectivity index (χ1n) is 10.2. The Morgan fingerprint density at radius 3 is 2.75 bits per heavy atom. The Morgan fingerprint density at radius 2 is 2.00 bits per heavy atom. The number of aromatic amines is 1. The number of hydrogen-bond donors (Lipinski definition) is 2. The molecule has 0 atom stereocenters. The summed E-state index contributed by atoms with van der Waals surface area (Å²) in [5.74, 6) is 0.932. The first-order chi connectivity index (χ1) is 13.2. The van der Waals surface area contributed by atoms with Crippen molar-refractivity contribution in [2.75, 3.05) is 19.7 Å². The maximum Gasteiger partial charge on any atom is 0.195 e. The van der Waals surface area contributed by atoms with Crippen LogP contribution in [0, 0.1) is 5.41 Å². The van der Waals surface area contributed by atoms with Gasteiger partial charge in [0.05, 0.1) is 5.56 Å². The number of hydrogen-bond acceptors (Lipinski definition) is 3. The molecule has 0 fully saturated rings. The van der Waals surface area contributed by atoms with E-state index < -0.39 is 0 Å². The van der Waals surface area contributed by atoms with Crippen LogP contribution >= 0.6 is 0 Å². The molecular formula is C24H30N2O2. The van der Waals surface area contributed by atoms with E-state index >= 15 is 0 Å². The normalized spacial score (nSPS) is 18.4. The van der Waals surface area contributed by atoms with E-state index in [1.54, 1.807) is 0 Å². The first kappa shape index (κ1) is 19.0. The summed E-state index contributed by atoms with van der Waals surface area (Å²) in [6.07, 6.45) is 5.44. The number of H-pyrrole nitrogens is 1. The fraction of sp³-hybridized carbons (Fsp3) is 0.458. The maximum absolute atomic E-state index is 13.4. The van der Waals surface area contributed by atoms with Crippen molar-refractivity contribution in [3.05, 3.63) is 51.2 Å². The molecule has 4 rings (SSSR count). The van der Waals surface area contributed by atoms with Crippen LogP contribution in [0.25, 0.3) is 12.2 Å². The van der Waals surface area contributed by atoms with Crippen molar-refractivity contribution in [1.82, 2.24) is 10.3 Å². The molecule has 2 aromatic rings. The Hall–Kier alpha value is -2.33. The fourth-order valence-corrected chi connectivity index (χ4v) is 4.39. The summed E-state index contributed by atoms with van der Waals surface area (Å²) >= 11 is 0. The van der Waals surface area contributed by atoms with Gasteiger partial charge in [-0.05, 0) is 42.1 Å². The zero-order valence-electron chi connectivity index (χ0n) is 17.5. The molecule has 1 aromatic heterocycles. The second-order valence-electron chi connectivity index (χ2n) is 9.11. The third-order valence-electron chi connectivity index (χ3n) is 6.00. The van der Waals surface area contributed by atoms with Gasteiger partial charge in [-0.15, -0.1) is 0 Å². The highest BCUT2D eigenvalue weighted by Crippen LogP contribution is 2.40. The monoisotopic (exact) mass is 378 g/mol. The van der Waals surface area contributed by atoms with Crippen LogP contribution in [-0.2, 0) is 5.41 Å². The zero-order chi connectivity index (χ0) is 20.1. The summed E-state index contributed by atoms with van der Waals surface area (Å²) in [6, 6.07) is 5.89. The van der Waals surface area contributed by atoms with Crippen LogP contribution in [0.4, 0.5) is 0 Å². The number of ether oxygens (including phenoxy) is 1. The van der Waals surface area contributed by atoms with Crippen LogP contribution in [0.5, 0.6) is 5.75 Å². The van der Waals surface area contributed by atoms with E-state index in [1.165, 1.54) is 0 Å².